The van der Waals surface area contributed by atoms with E-state index in [9.17, 15) is 18.0 Å². The van der Waals surface area contributed by atoms with Gasteiger partial charge in [-0.2, -0.15) is 4.31 Å². The minimum atomic E-state index is -3.66. The van der Waals surface area contributed by atoms with Crippen molar-refractivity contribution in [2.75, 3.05) is 26.2 Å². The molecule has 0 unspecified atom stereocenters. The average Bonchev–Trinajstić information content (AvgIpc) is 3.14. The first-order valence-corrected chi connectivity index (χ1v) is 12.8. The van der Waals surface area contributed by atoms with Crippen LogP contribution in [0.4, 0.5) is 0 Å². The fourth-order valence-corrected chi connectivity index (χ4v) is 6.08. The fourth-order valence-electron chi connectivity index (χ4n) is 4.62. The molecule has 4 aromatic rings. The Bertz CT molecular complexity index is 1550. The molecule has 1 amide bonds. The van der Waals surface area contributed by atoms with Crippen molar-refractivity contribution in [1.29, 1.82) is 0 Å². The number of aromatic nitrogens is 2. The van der Waals surface area contributed by atoms with Crippen molar-refractivity contribution < 1.29 is 13.2 Å². The van der Waals surface area contributed by atoms with Crippen molar-refractivity contribution in [2.45, 2.75) is 24.9 Å². The first kappa shape index (κ1) is 22.4. The minimum Gasteiger partial charge on any atom is -0.338 e. The van der Waals surface area contributed by atoms with Gasteiger partial charge in [0.2, 0.25) is 15.9 Å². The monoisotopic (exact) mass is 478 g/mol. The van der Waals surface area contributed by atoms with E-state index in [4.69, 9.17) is 0 Å². The van der Waals surface area contributed by atoms with Crippen molar-refractivity contribution in [3.8, 4) is 0 Å². The third-order valence-corrected chi connectivity index (χ3v) is 8.38. The molecular weight excluding hydrogens is 452 g/mol. The second kappa shape index (κ2) is 8.73. The topological polar surface area (TPSA) is 84.6 Å². The normalized spacial score (nSPS) is 15.3. The number of amides is 1. The summed E-state index contributed by atoms with van der Waals surface area (Å²) in [5.41, 5.74) is 1.31. The van der Waals surface area contributed by atoms with Crippen molar-refractivity contribution in [3.05, 3.63) is 77.2 Å². The lowest BCUT2D eigenvalue weighted by molar-refractivity contribution is -0.133. The highest BCUT2D eigenvalue weighted by Gasteiger charge is 2.30. The van der Waals surface area contributed by atoms with Crippen molar-refractivity contribution >= 4 is 37.7 Å². The SMILES string of the molecule is CCn1c(=O)n(CC(=O)N2CCN(S(=O)(=O)c3ccc4ccccc4c3)CC2)c2ccccc21. The summed E-state index contributed by atoms with van der Waals surface area (Å²) in [6.45, 7) is 3.35. The van der Waals surface area contributed by atoms with Crippen molar-refractivity contribution in [2.24, 2.45) is 0 Å². The molecule has 0 aliphatic carbocycles. The Morgan fingerprint density at radius 3 is 2.12 bits per heavy atom. The van der Waals surface area contributed by atoms with E-state index >= 15 is 0 Å². The van der Waals surface area contributed by atoms with Crippen LogP contribution in [0.5, 0.6) is 0 Å². The van der Waals surface area contributed by atoms with E-state index in [-0.39, 0.29) is 49.2 Å². The third kappa shape index (κ3) is 3.80. The van der Waals surface area contributed by atoms with Gasteiger partial charge in [-0.05, 0) is 42.0 Å². The quantitative estimate of drug-likeness (QED) is 0.441. The van der Waals surface area contributed by atoms with E-state index < -0.39 is 10.0 Å². The first-order valence-electron chi connectivity index (χ1n) is 11.3. The number of benzene rings is 3. The number of nitrogens with zero attached hydrogens (tertiary/aromatic N) is 4. The van der Waals surface area contributed by atoms with Crippen LogP contribution in [0.25, 0.3) is 21.8 Å². The molecule has 0 radical (unpaired) electrons. The molecule has 0 bridgehead atoms. The second-order valence-corrected chi connectivity index (χ2v) is 10.3. The summed E-state index contributed by atoms with van der Waals surface area (Å²) in [4.78, 5) is 27.8. The van der Waals surface area contributed by atoms with Gasteiger partial charge < -0.3 is 4.90 Å². The second-order valence-electron chi connectivity index (χ2n) is 8.40. The zero-order valence-corrected chi connectivity index (χ0v) is 19.7. The van der Waals surface area contributed by atoms with Crippen LogP contribution < -0.4 is 5.69 Å². The van der Waals surface area contributed by atoms with Gasteiger partial charge in [-0.3, -0.25) is 13.9 Å². The number of piperazine rings is 1. The summed E-state index contributed by atoms with van der Waals surface area (Å²) in [7, 11) is -3.66. The number of fused-ring (bicyclic) bond motifs is 2. The molecule has 176 valence electrons. The van der Waals surface area contributed by atoms with Crippen LogP contribution >= 0.6 is 0 Å². The summed E-state index contributed by atoms with van der Waals surface area (Å²) in [6, 6.07) is 20.2. The molecule has 1 fully saturated rings. The summed E-state index contributed by atoms with van der Waals surface area (Å²) >= 11 is 0. The molecule has 1 aliphatic heterocycles. The summed E-state index contributed by atoms with van der Waals surface area (Å²) in [6.07, 6.45) is 0. The number of aryl methyl sites for hydroxylation is 1. The van der Waals surface area contributed by atoms with E-state index in [0.29, 0.717) is 6.54 Å². The van der Waals surface area contributed by atoms with Gasteiger partial charge >= 0.3 is 5.69 Å². The molecule has 2 heterocycles. The van der Waals surface area contributed by atoms with Gasteiger partial charge in [0.1, 0.15) is 6.54 Å². The summed E-state index contributed by atoms with van der Waals surface area (Å²) in [5, 5.41) is 1.85. The van der Waals surface area contributed by atoms with Crippen LogP contribution in [0.2, 0.25) is 0 Å². The molecule has 34 heavy (non-hydrogen) atoms. The maximum Gasteiger partial charge on any atom is 0.329 e. The standard InChI is InChI=1S/C25H26N4O4S/c1-2-28-22-9-5-6-10-23(22)29(25(28)31)18-24(30)26-13-15-27(16-14-26)34(32,33)21-12-11-19-7-3-4-8-20(19)17-21/h3-12,17H,2,13-16,18H2,1H3. The number of sulfonamides is 1. The molecule has 5 rings (SSSR count). The average molecular weight is 479 g/mol. The minimum absolute atomic E-state index is 0.0657. The van der Waals surface area contributed by atoms with Crippen LogP contribution in [0, 0.1) is 0 Å². The van der Waals surface area contributed by atoms with Crippen LogP contribution in [0.1, 0.15) is 6.92 Å². The van der Waals surface area contributed by atoms with Crippen LogP contribution in [0.3, 0.4) is 0 Å². The lowest BCUT2D eigenvalue weighted by atomic mass is 10.1. The van der Waals surface area contributed by atoms with Crippen LogP contribution in [0.15, 0.2) is 76.4 Å². The molecule has 1 saturated heterocycles. The number of imidazole rings is 1. The highest BCUT2D eigenvalue weighted by molar-refractivity contribution is 7.89. The van der Waals surface area contributed by atoms with E-state index in [2.05, 4.69) is 0 Å². The smallest absolute Gasteiger partial charge is 0.329 e. The number of para-hydroxylation sites is 2. The Hall–Kier alpha value is -3.43. The molecule has 0 saturated carbocycles. The van der Waals surface area contributed by atoms with Crippen LogP contribution in [-0.4, -0.2) is 58.8 Å². The molecular formula is C25H26N4O4S. The van der Waals surface area contributed by atoms with Gasteiger partial charge in [0.25, 0.3) is 0 Å². The van der Waals surface area contributed by atoms with Gasteiger partial charge in [-0.1, -0.05) is 42.5 Å². The van der Waals surface area contributed by atoms with Gasteiger partial charge in [-0.15, -0.1) is 0 Å². The van der Waals surface area contributed by atoms with Gasteiger partial charge in [-0.25, -0.2) is 13.2 Å². The number of hydrogen-bond donors (Lipinski definition) is 0. The van der Waals surface area contributed by atoms with Gasteiger partial charge in [0.05, 0.1) is 15.9 Å². The predicted molar refractivity (Wildman–Crippen MR) is 131 cm³/mol. The zero-order valence-electron chi connectivity index (χ0n) is 18.9. The molecule has 1 aromatic heterocycles. The Kier molecular flexibility index (Phi) is 5.75. The van der Waals surface area contributed by atoms with E-state index in [1.54, 1.807) is 21.6 Å². The Morgan fingerprint density at radius 1 is 0.824 bits per heavy atom. The highest BCUT2D eigenvalue weighted by atomic mass is 32.2. The van der Waals surface area contributed by atoms with Crippen LogP contribution in [-0.2, 0) is 27.9 Å². The largest absolute Gasteiger partial charge is 0.338 e. The van der Waals surface area contributed by atoms with Gasteiger partial charge in [0.15, 0.2) is 0 Å². The van der Waals surface area contributed by atoms with E-state index in [1.807, 2.05) is 61.5 Å². The fraction of sp³-hybridized carbons (Fsp3) is 0.280. The predicted octanol–water partition coefficient (Wildman–Crippen LogP) is 2.51. The lowest BCUT2D eigenvalue weighted by Gasteiger charge is -2.34. The molecule has 0 spiro atoms. The summed E-state index contributed by atoms with van der Waals surface area (Å²) < 4.78 is 31.0. The number of rotatable bonds is 5. The first-order chi connectivity index (χ1) is 16.4. The van der Waals surface area contributed by atoms with Crippen molar-refractivity contribution in [1.82, 2.24) is 18.3 Å². The number of carbonyl (C=O) groups excluding carboxylic acids is 1. The number of carbonyl (C=O) groups is 1. The maximum absolute atomic E-state index is 13.2. The molecule has 1 aliphatic rings. The van der Waals surface area contributed by atoms with Crippen molar-refractivity contribution in [3.63, 3.8) is 0 Å². The molecule has 8 nitrogen and oxygen atoms in total. The maximum atomic E-state index is 13.2. The molecule has 0 atom stereocenters. The third-order valence-electron chi connectivity index (χ3n) is 6.48. The van der Waals surface area contributed by atoms with Gasteiger partial charge in [0, 0.05) is 32.7 Å². The molecule has 3 aromatic carbocycles. The highest BCUT2D eigenvalue weighted by Crippen LogP contribution is 2.23. The van der Waals surface area contributed by atoms with E-state index in [0.717, 1.165) is 21.8 Å². The molecule has 0 N–H and O–H groups in total. The Labute approximate surface area is 197 Å². The zero-order chi connectivity index (χ0) is 23.9. The summed E-state index contributed by atoms with van der Waals surface area (Å²) in [5.74, 6) is -0.191. The Morgan fingerprint density at radius 2 is 1.44 bits per heavy atom. The number of hydrogen-bond acceptors (Lipinski definition) is 4. The molecule has 9 heteroatoms. The lowest BCUT2D eigenvalue weighted by Crippen LogP contribution is -2.51. The van der Waals surface area contributed by atoms with E-state index in [1.165, 1.54) is 8.87 Å². The Balaban J connectivity index is 1.30.